The Labute approximate surface area is 164 Å². The van der Waals surface area contributed by atoms with Crippen LogP contribution in [0.5, 0.6) is 11.5 Å². The summed E-state index contributed by atoms with van der Waals surface area (Å²) in [5.74, 6) is 2.48. The van der Waals surface area contributed by atoms with Crippen molar-refractivity contribution in [2.75, 3.05) is 27.3 Å². The minimum absolute atomic E-state index is 0.0180. The van der Waals surface area contributed by atoms with Gasteiger partial charge in [-0.3, -0.25) is 4.79 Å². The quantitative estimate of drug-likeness (QED) is 0.695. The van der Waals surface area contributed by atoms with Gasteiger partial charge in [0.1, 0.15) is 5.82 Å². The molecule has 28 heavy (non-hydrogen) atoms. The molecular weight excluding hydrogens is 354 g/mol. The van der Waals surface area contributed by atoms with E-state index in [0.717, 1.165) is 36.2 Å². The van der Waals surface area contributed by atoms with E-state index in [1.807, 2.05) is 23.1 Å². The third-order valence-electron chi connectivity index (χ3n) is 5.53. The van der Waals surface area contributed by atoms with Crippen LogP contribution in [0.2, 0.25) is 0 Å². The van der Waals surface area contributed by atoms with E-state index in [-0.39, 0.29) is 11.8 Å². The number of methoxy groups -OCH3 is 2. The SMILES string of the molecule is COc1ccc(C(=O)N2CCCC(c3nc4ccccc4n3C)C2)cc1OC. The van der Waals surface area contributed by atoms with Gasteiger partial charge in [-0.2, -0.15) is 0 Å². The summed E-state index contributed by atoms with van der Waals surface area (Å²) in [7, 11) is 5.22. The van der Waals surface area contributed by atoms with Gasteiger partial charge in [-0.05, 0) is 43.2 Å². The Hall–Kier alpha value is -3.02. The molecule has 0 saturated carbocycles. The van der Waals surface area contributed by atoms with Crippen LogP contribution in [-0.2, 0) is 7.05 Å². The highest BCUT2D eigenvalue weighted by Crippen LogP contribution is 2.31. The Bertz CT molecular complexity index is 1010. The van der Waals surface area contributed by atoms with E-state index in [1.165, 1.54) is 0 Å². The third-order valence-corrected chi connectivity index (χ3v) is 5.53. The topological polar surface area (TPSA) is 56.6 Å². The van der Waals surface area contributed by atoms with Crippen LogP contribution in [0.3, 0.4) is 0 Å². The van der Waals surface area contributed by atoms with Crippen molar-refractivity contribution in [1.82, 2.24) is 14.5 Å². The van der Waals surface area contributed by atoms with Gasteiger partial charge in [0.2, 0.25) is 0 Å². The first-order valence-electron chi connectivity index (χ1n) is 9.55. The van der Waals surface area contributed by atoms with E-state index >= 15 is 0 Å². The van der Waals surface area contributed by atoms with E-state index in [1.54, 1.807) is 32.4 Å². The van der Waals surface area contributed by atoms with Crippen molar-refractivity contribution in [1.29, 1.82) is 0 Å². The van der Waals surface area contributed by atoms with Gasteiger partial charge in [-0.25, -0.2) is 4.98 Å². The number of imidazole rings is 1. The molecule has 2 heterocycles. The van der Waals surface area contributed by atoms with Crippen molar-refractivity contribution >= 4 is 16.9 Å². The minimum atomic E-state index is 0.0180. The highest BCUT2D eigenvalue weighted by Gasteiger charge is 2.28. The third kappa shape index (κ3) is 3.19. The van der Waals surface area contributed by atoms with Crippen LogP contribution in [0, 0.1) is 0 Å². The number of hydrogen-bond acceptors (Lipinski definition) is 4. The van der Waals surface area contributed by atoms with Gasteiger partial charge >= 0.3 is 0 Å². The number of piperidine rings is 1. The zero-order valence-corrected chi connectivity index (χ0v) is 16.5. The van der Waals surface area contributed by atoms with E-state index in [2.05, 4.69) is 17.7 Å². The molecule has 0 spiro atoms. The lowest BCUT2D eigenvalue weighted by Gasteiger charge is -2.32. The summed E-state index contributed by atoms with van der Waals surface area (Å²) >= 11 is 0. The standard InChI is InChI=1S/C22H25N3O3/c1-24-18-9-5-4-8-17(18)23-21(24)16-7-6-12-25(14-16)22(26)15-10-11-19(27-2)20(13-15)28-3/h4-5,8-11,13,16H,6-7,12,14H2,1-3H3. The maximum atomic E-state index is 13.1. The molecule has 1 fully saturated rings. The van der Waals surface area contributed by atoms with Gasteiger partial charge in [0.15, 0.2) is 11.5 Å². The number of amides is 1. The summed E-state index contributed by atoms with van der Waals surface area (Å²) < 4.78 is 12.8. The second-order valence-electron chi connectivity index (χ2n) is 7.18. The molecule has 4 rings (SSSR count). The number of ether oxygens (including phenoxy) is 2. The molecule has 6 nitrogen and oxygen atoms in total. The molecular formula is C22H25N3O3. The molecule has 1 aliphatic rings. The molecule has 0 aliphatic carbocycles. The fraction of sp³-hybridized carbons (Fsp3) is 0.364. The maximum Gasteiger partial charge on any atom is 0.254 e. The summed E-state index contributed by atoms with van der Waals surface area (Å²) in [5, 5.41) is 0. The second kappa shape index (κ2) is 7.54. The first-order chi connectivity index (χ1) is 13.6. The summed E-state index contributed by atoms with van der Waals surface area (Å²) in [4.78, 5) is 19.9. The van der Waals surface area contributed by atoms with Gasteiger partial charge in [0.05, 0.1) is 25.3 Å². The molecule has 3 aromatic rings. The Morgan fingerprint density at radius 2 is 1.89 bits per heavy atom. The molecule has 1 aliphatic heterocycles. The highest BCUT2D eigenvalue weighted by atomic mass is 16.5. The molecule has 2 aromatic carbocycles. The monoisotopic (exact) mass is 379 g/mol. The Kier molecular flexibility index (Phi) is 4.94. The van der Waals surface area contributed by atoms with Crippen LogP contribution in [0.1, 0.15) is 34.9 Å². The van der Waals surface area contributed by atoms with Crippen molar-refractivity contribution < 1.29 is 14.3 Å². The smallest absolute Gasteiger partial charge is 0.254 e. The van der Waals surface area contributed by atoms with Crippen LogP contribution in [0.15, 0.2) is 42.5 Å². The van der Waals surface area contributed by atoms with E-state index in [4.69, 9.17) is 14.5 Å². The number of likely N-dealkylation sites (tertiary alicyclic amines) is 1. The number of carbonyl (C=O) groups is 1. The number of aryl methyl sites for hydroxylation is 1. The lowest BCUT2D eigenvalue weighted by molar-refractivity contribution is 0.0703. The molecule has 0 radical (unpaired) electrons. The van der Waals surface area contributed by atoms with Crippen LogP contribution in [0.25, 0.3) is 11.0 Å². The molecule has 1 aromatic heterocycles. The predicted octanol–water partition coefficient (Wildman–Crippen LogP) is 3.61. The minimum Gasteiger partial charge on any atom is -0.493 e. The van der Waals surface area contributed by atoms with Gasteiger partial charge in [-0.1, -0.05) is 12.1 Å². The Morgan fingerprint density at radius 3 is 2.64 bits per heavy atom. The number of carbonyl (C=O) groups excluding carboxylic acids is 1. The average Bonchev–Trinajstić information content (AvgIpc) is 3.09. The Morgan fingerprint density at radius 1 is 1.11 bits per heavy atom. The molecule has 1 saturated heterocycles. The molecule has 6 heteroatoms. The van der Waals surface area contributed by atoms with Crippen molar-refractivity contribution in [3.05, 3.63) is 53.9 Å². The normalized spacial score (nSPS) is 17.0. The predicted molar refractivity (Wildman–Crippen MR) is 108 cm³/mol. The zero-order chi connectivity index (χ0) is 19.7. The number of nitrogens with zero attached hydrogens (tertiary/aromatic N) is 3. The lowest BCUT2D eigenvalue weighted by atomic mass is 9.96. The number of benzene rings is 2. The number of aromatic nitrogens is 2. The fourth-order valence-electron chi connectivity index (χ4n) is 4.05. The van der Waals surface area contributed by atoms with Crippen LogP contribution in [-0.4, -0.2) is 47.7 Å². The van der Waals surface area contributed by atoms with Gasteiger partial charge in [0, 0.05) is 31.6 Å². The van der Waals surface area contributed by atoms with Crippen LogP contribution in [0.4, 0.5) is 0 Å². The summed E-state index contributed by atoms with van der Waals surface area (Å²) in [6.07, 6.45) is 2.00. The number of para-hydroxylation sites is 2. The molecule has 146 valence electrons. The lowest BCUT2D eigenvalue weighted by Crippen LogP contribution is -2.39. The molecule has 1 unspecified atom stereocenters. The average molecular weight is 379 g/mol. The first-order valence-corrected chi connectivity index (χ1v) is 9.55. The zero-order valence-electron chi connectivity index (χ0n) is 16.5. The fourth-order valence-corrected chi connectivity index (χ4v) is 4.05. The number of hydrogen-bond donors (Lipinski definition) is 0. The molecule has 1 atom stereocenters. The highest BCUT2D eigenvalue weighted by molar-refractivity contribution is 5.95. The van der Waals surface area contributed by atoms with Gasteiger partial charge in [-0.15, -0.1) is 0 Å². The number of fused-ring (bicyclic) bond motifs is 1. The molecule has 0 bridgehead atoms. The summed E-state index contributed by atoms with van der Waals surface area (Å²) in [6.45, 7) is 1.43. The van der Waals surface area contributed by atoms with Crippen LogP contribution < -0.4 is 9.47 Å². The van der Waals surface area contributed by atoms with Crippen LogP contribution >= 0.6 is 0 Å². The molecule has 0 N–H and O–H groups in total. The Balaban J connectivity index is 1.58. The van der Waals surface area contributed by atoms with E-state index < -0.39 is 0 Å². The van der Waals surface area contributed by atoms with Crippen molar-refractivity contribution in [3.8, 4) is 11.5 Å². The van der Waals surface area contributed by atoms with Gasteiger partial charge < -0.3 is 18.9 Å². The molecule has 1 amide bonds. The first kappa shape index (κ1) is 18.3. The van der Waals surface area contributed by atoms with Crippen molar-refractivity contribution in [2.45, 2.75) is 18.8 Å². The largest absolute Gasteiger partial charge is 0.493 e. The van der Waals surface area contributed by atoms with E-state index in [9.17, 15) is 4.79 Å². The van der Waals surface area contributed by atoms with Crippen molar-refractivity contribution in [2.24, 2.45) is 7.05 Å². The van der Waals surface area contributed by atoms with Gasteiger partial charge in [0.25, 0.3) is 5.91 Å². The summed E-state index contributed by atoms with van der Waals surface area (Å²) in [6, 6.07) is 13.5. The second-order valence-corrected chi connectivity index (χ2v) is 7.18. The maximum absolute atomic E-state index is 13.1. The van der Waals surface area contributed by atoms with E-state index in [0.29, 0.717) is 23.6 Å². The van der Waals surface area contributed by atoms with Crippen molar-refractivity contribution in [3.63, 3.8) is 0 Å². The summed E-state index contributed by atoms with van der Waals surface area (Å²) in [5.41, 5.74) is 2.74. The number of rotatable bonds is 4.